The lowest BCUT2D eigenvalue weighted by molar-refractivity contribution is -0.157. The lowest BCUT2D eigenvalue weighted by Crippen LogP contribution is -2.61. The number of rotatable bonds is 5. The summed E-state index contributed by atoms with van der Waals surface area (Å²) in [5.41, 5.74) is 3.15. The molecule has 4 fully saturated rings. The van der Waals surface area contributed by atoms with Gasteiger partial charge in [-0.2, -0.15) is 0 Å². The molecule has 4 bridgehead atoms. The van der Waals surface area contributed by atoms with Crippen LogP contribution in [0.4, 0.5) is 0 Å². The summed E-state index contributed by atoms with van der Waals surface area (Å²) in [6.07, 6.45) is 10.0. The van der Waals surface area contributed by atoms with Crippen molar-refractivity contribution < 1.29 is 0 Å². The molecule has 114 valence electrons. The van der Waals surface area contributed by atoms with Gasteiger partial charge in [-0.3, -0.25) is 0 Å². The van der Waals surface area contributed by atoms with Crippen LogP contribution in [0.5, 0.6) is 0 Å². The molecule has 0 aromatic rings. The van der Waals surface area contributed by atoms with Crippen molar-refractivity contribution in [3.05, 3.63) is 12.2 Å². The van der Waals surface area contributed by atoms with Gasteiger partial charge < -0.3 is 5.32 Å². The van der Waals surface area contributed by atoms with Crippen LogP contribution < -0.4 is 5.32 Å². The highest BCUT2D eigenvalue weighted by atomic mass is 14.9. The topological polar surface area (TPSA) is 12.0 Å². The summed E-state index contributed by atoms with van der Waals surface area (Å²) in [7, 11) is 0. The second kappa shape index (κ2) is 4.60. The Hall–Kier alpha value is -0.300. The molecule has 0 spiro atoms. The van der Waals surface area contributed by atoms with E-state index in [2.05, 4.69) is 39.6 Å². The van der Waals surface area contributed by atoms with Gasteiger partial charge >= 0.3 is 0 Å². The minimum Gasteiger partial charge on any atom is -0.313 e. The molecule has 1 nitrogen and oxygen atoms in total. The minimum atomic E-state index is 0.553. The standard InChI is InChI=1S/C19H33N/c1-6-20-16(7-14(2)3)19-10-15-8-17(4,12-19)11-18(5,9-15)13-19/h15-16,20H,2,6-13H2,1,3-5H3. The molecule has 3 unspecified atom stereocenters. The fraction of sp³-hybridized carbons (Fsp3) is 0.895. The molecule has 0 saturated heterocycles. The minimum absolute atomic E-state index is 0.553. The molecule has 1 heteroatoms. The van der Waals surface area contributed by atoms with Gasteiger partial charge in [0.25, 0.3) is 0 Å². The van der Waals surface area contributed by atoms with E-state index in [0.717, 1.165) is 12.5 Å². The third-order valence-corrected chi connectivity index (χ3v) is 6.41. The maximum Gasteiger partial charge on any atom is 0.0161 e. The van der Waals surface area contributed by atoms with Crippen molar-refractivity contribution in [2.75, 3.05) is 6.54 Å². The van der Waals surface area contributed by atoms with E-state index in [1.165, 1.54) is 50.5 Å². The Morgan fingerprint density at radius 2 is 1.75 bits per heavy atom. The Morgan fingerprint density at radius 3 is 2.20 bits per heavy atom. The van der Waals surface area contributed by atoms with Gasteiger partial charge in [0.1, 0.15) is 0 Å². The summed E-state index contributed by atoms with van der Waals surface area (Å²) < 4.78 is 0. The Kier molecular flexibility index (Phi) is 3.36. The SMILES string of the molecule is C=C(C)CC(NCC)C12CC3CC(C)(CC(C)(C3)C1)C2. The van der Waals surface area contributed by atoms with Gasteiger partial charge in [-0.05, 0) is 80.6 Å². The lowest BCUT2D eigenvalue weighted by Gasteiger charge is -2.67. The highest BCUT2D eigenvalue weighted by Gasteiger charge is 2.61. The molecule has 3 atom stereocenters. The summed E-state index contributed by atoms with van der Waals surface area (Å²) in [6, 6.07) is 0.659. The molecule has 0 aliphatic heterocycles. The zero-order chi connectivity index (χ0) is 14.6. The van der Waals surface area contributed by atoms with Crippen LogP contribution in [0.25, 0.3) is 0 Å². The van der Waals surface area contributed by atoms with E-state index in [-0.39, 0.29) is 0 Å². The first-order valence-corrected chi connectivity index (χ1v) is 8.66. The van der Waals surface area contributed by atoms with E-state index < -0.39 is 0 Å². The van der Waals surface area contributed by atoms with Crippen LogP contribution >= 0.6 is 0 Å². The molecule has 4 aliphatic carbocycles. The summed E-state index contributed by atoms with van der Waals surface area (Å²) in [6.45, 7) is 14.9. The van der Waals surface area contributed by atoms with Crippen LogP contribution in [0.2, 0.25) is 0 Å². The molecule has 0 heterocycles. The number of hydrogen-bond donors (Lipinski definition) is 1. The van der Waals surface area contributed by atoms with E-state index in [1.807, 2.05) is 0 Å². The third-order valence-electron chi connectivity index (χ3n) is 6.41. The predicted molar refractivity (Wildman–Crippen MR) is 86.7 cm³/mol. The first-order valence-electron chi connectivity index (χ1n) is 8.66. The molecule has 4 rings (SSSR count). The molecule has 1 N–H and O–H groups in total. The second-order valence-corrected chi connectivity index (χ2v) is 9.26. The van der Waals surface area contributed by atoms with Crippen molar-refractivity contribution in [2.45, 2.75) is 78.7 Å². The largest absolute Gasteiger partial charge is 0.313 e. The summed E-state index contributed by atoms with van der Waals surface area (Å²) in [5.74, 6) is 0.993. The Labute approximate surface area is 125 Å². The highest BCUT2D eigenvalue weighted by Crippen LogP contribution is 2.70. The van der Waals surface area contributed by atoms with E-state index in [9.17, 15) is 0 Å². The van der Waals surface area contributed by atoms with Crippen LogP contribution in [0.15, 0.2) is 12.2 Å². The van der Waals surface area contributed by atoms with Gasteiger partial charge in [0.15, 0.2) is 0 Å². The number of hydrogen-bond acceptors (Lipinski definition) is 1. The molecule has 20 heavy (non-hydrogen) atoms. The Morgan fingerprint density at radius 1 is 1.15 bits per heavy atom. The van der Waals surface area contributed by atoms with Crippen molar-refractivity contribution in [3.63, 3.8) is 0 Å². The van der Waals surface area contributed by atoms with Gasteiger partial charge in [-0.15, -0.1) is 6.58 Å². The maximum atomic E-state index is 4.20. The van der Waals surface area contributed by atoms with E-state index in [4.69, 9.17) is 0 Å². The zero-order valence-corrected chi connectivity index (χ0v) is 14.0. The highest BCUT2D eigenvalue weighted by molar-refractivity contribution is 5.15. The van der Waals surface area contributed by atoms with Crippen LogP contribution in [0.3, 0.4) is 0 Å². The van der Waals surface area contributed by atoms with Gasteiger partial charge in [-0.25, -0.2) is 0 Å². The van der Waals surface area contributed by atoms with Gasteiger partial charge in [0.05, 0.1) is 0 Å². The summed E-state index contributed by atoms with van der Waals surface area (Å²) >= 11 is 0. The molecule has 0 radical (unpaired) electrons. The zero-order valence-electron chi connectivity index (χ0n) is 14.0. The molecule has 0 aromatic carbocycles. The smallest absolute Gasteiger partial charge is 0.0161 e. The molecule has 4 saturated carbocycles. The normalized spacial score (nSPS) is 47.5. The van der Waals surface area contributed by atoms with Crippen molar-refractivity contribution in [2.24, 2.45) is 22.2 Å². The lowest BCUT2D eigenvalue weighted by atomic mass is 9.39. The van der Waals surface area contributed by atoms with Gasteiger partial charge in [0.2, 0.25) is 0 Å². The average molecular weight is 275 g/mol. The fourth-order valence-corrected chi connectivity index (χ4v) is 7.02. The quantitative estimate of drug-likeness (QED) is 0.702. The molecule has 0 aromatic heterocycles. The first-order chi connectivity index (χ1) is 9.28. The fourth-order valence-electron chi connectivity index (χ4n) is 7.02. The van der Waals surface area contributed by atoms with E-state index in [0.29, 0.717) is 22.3 Å². The summed E-state index contributed by atoms with van der Waals surface area (Å²) in [5, 5.41) is 3.84. The van der Waals surface area contributed by atoms with Crippen LogP contribution in [-0.4, -0.2) is 12.6 Å². The predicted octanol–water partition coefficient (Wildman–Crippen LogP) is 4.93. The van der Waals surface area contributed by atoms with Crippen LogP contribution in [0, 0.1) is 22.2 Å². The van der Waals surface area contributed by atoms with Crippen LogP contribution in [-0.2, 0) is 0 Å². The average Bonchev–Trinajstić information content (AvgIpc) is 2.22. The molecule has 0 amide bonds. The monoisotopic (exact) mass is 275 g/mol. The first kappa shape index (κ1) is 14.6. The second-order valence-electron chi connectivity index (χ2n) is 9.26. The molecular weight excluding hydrogens is 242 g/mol. The number of nitrogens with one attached hydrogen (secondary N) is 1. The van der Waals surface area contributed by atoms with E-state index in [1.54, 1.807) is 0 Å². The van der Waals surface area contributed by atoms with E-state index >= 15 is 0 Å². The van der Waals surface area contributed by atoms with Crippen molar-refractivity contribution in [1.29, 1.82) is 0 Å². The van der Waals surface area contributed by atoms with Gasteiger partial charge in [0, 0.05) is 6.04 Å². The summed E-state index contributed by atoms with van der Waals surface area (Å²) in [4.78, 5) is 0. The molecular formula is C19H33N. The van der Waals surface area contributed by atoms with Crippen LogP contribution in [0.1, 0.15) is 72.6 Å². The third kappa shape index (κ3) is 2.36. The molecule has 4 aliphatic rings. The van der Waals surface area contributed by atoms with Gasteiger partial charge in [-0.1, -0.05) is 26.3 Å². The Bertz CT molecular complexity index is 392. The van der Waals surface area contributed by atoms with Crippen molar-refractivity contribution >= 4 is 0 Å². The van der Waals surface area contributed by atoms with Crippen molar-refractivity contribution in [1.82, 2.24) is 5.32 Å². The maximum absolute atomic E-state index is 4.20. The van der Waals surface area contributed by atoms with Crippen molar-refractivity contribution in [3.8, 4) is 0 Å². The Balaban J connectivity index is 1.91.